The Balaban J connectivity index is 2.62. The average Bonchev–Trinajstić information content (AvgIpc) is 2.26. The summed E-state index contributed by atoms with van der Waals surface area (Å²) in [5.74, 6) is 0.507. The van der Waals surface area contributed by atoms with Gasteiger partial charge in [-0.2, -0.15) is 0 Å². The van der Waals surface area contributed by atoms with Crippen LogP contribution < -0.4 is 0 Å². The summed E-state index contributed by atoms with van der Waals surface area (Å²) in [7, 11) is 0. The lowest BCUT2D eigenvalue weighted by atomic mass is 10.2. The van der Waals surface area contributed by atoms with Gasteiger partial charge in [-0.15, -0.1) is 11.8 Å². The highest BCUT2D eigenvalue weighted by Gasteiger charge is 2.07. The summed E-state index contributed by atoms with van der Waals surface area (Å²) in [5, 5.41) is 9.40. The van der Waals surface area contributed by atoms with Crippen molar-refractivity contribution in [3.05, 3.63) is 18.1 Å². The molecule has 5 heteroatoms. The molecule has 1 aromatic heterocycles. The normalized spacial score (nSPS) is 12.4. The Morgan fingerprint density at radius 3 is 2.93 bits per heavy atom. The smallest absolute Gasteiger partial charge is 0.356 e. The molecule has 4 nitrogen and oxygen atoms in total. The molecule has 1 rings (SSSR count). The van der Waals surface area contributed by atoms with E-state index in [1.807, 2.05) is 0 Å². The van der Waals surface area contributed by atoms with Gasteiger partial charge in [0.25, 0.3) is 0 Å². The van der Waals surface area contributed by atoms with Crippen molar-refractivity contribution in [1.29, 1.82) is 0 Å². The molecule has 0 aliphatic carbocycles. The fourth-order valence-electron chi connectivity index (χ4n) is 0.866. The van der Waals surface area contributed by atoms with Crippen molar-refractivity contribution < 1.29 is 9.90 Å². The van der Waals surface area contributed by atoms with Crippen LogP contribution in [0.2, 0.25) is 0 Å². The highest BCUT2D eigenvalue weighted by molar-refractivity contribution is 7.99. The van der Waals surface area contributed by atoms with Gasteiger partial charge in [-0.1, -0.05) is 20.3 Å². The summed E-state index contributed by atoms with van der Waals surface area (Å²) in [4.78, 5) is 18.5. The summed E-state index contributed by atoms with van der Waals surface area (Å²) in [5.41, 5.74) is 0.00384. The lowest BCUT2D eigenvalue weighted by Crippen LogP contribution is -2.02. The number of hydrogen-bond acceptors (Lipinski definition) is 4. The number of aromatic carboxylic acids is 1. The number of thioether (sulfide) groups is 1. The zero-order valence-electron chi connectivity index (χ0n) is 8.80. The highest BCUT2D eigenvalue weighted by atomic mass is 32.2. The molecule has 0 aliphatic rings. The van der Waals surface area contributed by atoms with Crippen molar-refractivity contribution >= 4 is 17.7 Å². The summed E-state index contributed by atoms with van der Waals surface area (Å²) in [6.45, 7) is 4.28. The molecule has 0 aliphatic heterocycles. The van der Waals surface area contributed by atoms with E-state index in [4.69, 9.17) is 5.11 Å². The number of carboxylic acids is 1. The third-order valence-electron chi connectivity index (χ3n) is 2.04. The zero-order chi connectivity index (χ0) is 11.3. The third kappa shape index (κ3) is 3.87. The number of hydrogen-bond donors (Lipinski definition) is 1. The van der Waals surface area contributed by atoms with Crippen LogP contribution >= 0.6 is 11.8 Å². The fourth-order valence-corrected chi connectivity index (χ4v) is 1.86. The minimum atomic E-state index is -1.03. The molecule has 1 unspecified atom stereocenters. The maximum Gasteiger partial charge on any atom is 0.356 e. The Bertz CT molecular complexity index is 344. The van der Waals surface area contributed by atoms with Gasteiger partial charge in [-0.3, -0.25) is 4.98 Å². The highest BCUT2D eigenvalue weighted by Crippen LogP contribution is 2.19. The summed E-state index contributed by atoms with van der Waals surface area (Å²) in [6, 6.07) is 0. The summed E-state index contributed by atoms with van der Waals surface area (Å²) in [6.07, 6.45) is 3.97. The van der Waals surface area contributed by atoms with Crippen molar-refractivity contribution in [2.45, 2.75) is 25.3 Å². The van der Waals surface area contributed by atoms with Crippen LogP contribution in [-0.4, -0.2) is 26.8 Å². The molecule has 0 bridgehead atoms. The maximum absolute atomic E-state index is 10.6. The Hall–Kier alpha value is -1.10. The lowest BCUT2D eigenvalue weighted by Gasteiger charge is -2.06. The molecule has 1 heterocycles. The SMILES string of the molecule is CCC(C)CSc1cncc(C(=O)O)n1. The van der Waals surface area contributed by atoms with Gasteiger partial charge in [0.2, 0.25) is 0 Å². The molecule has 0 saturated carbocycles. The lowest BCUT2D eigenvalue weighted by molar-refractivity contribution is 0.0689. The van der Waals surface area contributed by atoms with Gasteiger partial charge in [0.15, 0.2) is 5.69 Å². The van der Waals surface area contributed by atoms with Crippen molar-refractivity contribution in [2.75, 3.05) is 5.75 Å². The predicted molar refractivity (Wildman–Crippen MR) is 59.2 cm³/mol. The monoisotopic (exact) mass is 226 g/mol. The Morgan fingerprint density at radius 1 is 1.60 bits per heavy atom. The second-order valence-electron chi connectivity index (χ2n) is 3.37. The Kier molecular flexibility index (Phi) is 4.55. The van der Waals surface area contributed by atoms with E-state index in [0.717, 1.165) is 12.2 Å². The number of nitrogens with zero attached hydrogens (tertiary/aromatic N) is 2. The molecule has 1 aromatic rings. The molecule has 0 fully saturated rings. The zero-order valence-corrected chi connectivity index (χ0v) is 9.62. The van der Waals surface area contributed by atoms with E-state index in [2.05, 4.69) is 23.8 Å². The molecule has 0 spiro atoms. The molecular formula is C10H14N2O2S. The minimum Gasteiger partial charge on any atom is -0.476 e. The van der Waals surface area contributed by atoms with Crippen LogP contribution in [0.5, 0.6) is 0 Å². The summed E-state index contributed by atoms with van der Waals surface area (Å²) >= 11 is 1.55. The van der Waals surface area contributed by atoms with Crippen LogP contribution in [0.3, 0.4) is 0 Å². The molecule has 15 heavy (non-hydrogen) atoms. The molecule has 1 atom stereocenters. The maximum atomic E-state index is 10.6. The molecular weight excluding hydrogens is 212 g/mol. The molecule has 0 saturated heterocycles. The first-order valence-electron chi connectivity index (χ1n) is 4.81. The van der Waals surface area contributed by atoms with E-state index in [-0.39, 0.29) is 5.69 Å². The van der Waals surface area contributed by atoms with Gasteiger partial charge in [0.1, 0.15) is 5.03 Å². The molecule has 1 N–H and O–H groups in total. The molecule has 82 valence electrons. The first-order chi connectivity index (χ1) is 7.13. The number of aromatic nitrogens is 2. The van der Waals surface area contributed by atoms with E-state index in [9.17, 15) is 4.79 Å². The predicted octanol–water partition coefficient (Wildman–Crippen LogP) is 2.31. The summed E-state index contributed by atoms with van der Waals surface area (Å²) < 4.78 is 0. The average molecular weight is 226 g/mol. The number of rotatable bonds is 5. The first kappa shape index (κ1) is 12.0. The minimum absolute atomic E-state index is 0.00384. The van der Waals surface area contributed by atoms with Crippen molar-refractivity contribution in [2.24, 2.45) is 5.92 Å². The Morgan fingerprint density at radius 2 is 2.33 bits per heavy atom. The number of carboxylic acid groups (broad SMARTS) is 1. The molecule has 0 radical (unpaired) electrons. The Labute approximate surface area is 93.1 Å². The van der Waals surface area contributed by atoms with Gasteiger partial charge < -0.3 is 5.11 Å². The van der Waals surface area contributed by atoms with Gasteiger partial charge >= 0.3 is 5.97 Å². The van der Waals surface area contributed by atoms with E-state index >= 15 is 0 Å². The van der Waals surface area contributed by atoms with Gasteiger partial charge in [-0.25, -0.2) is 9.78 Å². The van der Waals surface area contributed by atoms with Crippen LogP contribution in [0.15, 0.2) is 17.4 Å². The van der Waals surface area contributed by atoms with Crippen LogP contribution in [0, 0.1) is 5.92 Å². The van der Waals surface area contributed by atoms with Gasteiger partial charge in [0.05, 0.1) is 12.4 Å². The van der Waals surface area contributed by atoms with Crippen LogP contribution in [-0.2, 0) is 0 Å². The second kappa shape index (κ2) is 5.70. The van der Waals surface area contributed by atoms with E-state index in [1.165, 1.54) is 6.20 Å². The topological polar surface area (TPSA) is 63.1 Å². The largest absolute Gasteiger partial charge is 0.476 e. The first-order valence-corrected chi connectivity index (χ1v) is 5.80. The van der Waals surface area contributed by atoms with Crippen molar-refractivity contribution in [3.63, 3.8) is 0 Å². The van der Waals surface area contributed by atoms with Gasteiger partial charge in [-0.05, 0) is 5.92 Å². The van der Waals surface area contributed by atoms with E-state index in [1.54, 1.807) is 18.0 Å². The fraction of sp³-hybridized carbons (Fsp3) is 0.500. The molecule has 0 amide bonds. The standard InChI is InChI=1S/C10H14N2O2S/c1-3-7(2)6-15-9-5-11-4-8(12-9)10(13)14/h4-5,7H,3,6H2,1-2H3,(H,13,14). The third-order valence-corrected chi connectivity index (χ3v) is 3.27. The van der Waals surface area contributed by atoms with Crippen LogP contribution in [0.1, 0.15) is 30.8 Å². The second-order valence-corrected chi connectivity index (χ2v) is 4.41. The van der Waals surface area contributed by atoms with Crippen molar-refractivity contribution in [1.82, 2.24) is 9.97 Å². The van der Waals surface area contributed by atoms with Crippen LogP contribution in [0.4, 0.5) is 0 Å². The van der Waals surface area contributed by atoms with Gasteiger partial charge in [0, 0.05) is 5.75 Å². The number of carbonyl (C=O) groups is 1. The van der Waals surface area contributed by atoms with Crippen LogP contribution in [0.25, 0.3) is 0 Å². The van der Waals surface area contributed by atoms with E-state index < -0.39 is 5.97 Å². The molecule has 0 aromatic carbocycles. The van der Waals surface area contributed by atoms with Crippen molar-refractivity contribution in [3.8, 4) is 0 Å². The quantitative estimate of drug-likeness (QED) is 0.780. The van der Waals surface area contributed by atoms with E-state index in [0.29, 0.717) is 10.9 Å².